The monoisotopic (exact) mass is 379 g/mol. The lowest BCUT2D eigenvalue weighted by molar-refractivity contribution is -0.149. The van der Waals surface area contributed by atoms with Gasteiger partial charge < -0.3 is 15.0 Å². The molecule has 5 heteroatoms. The van der Waals surface area contributed by atoms with Crippen LogP contribution in [0.25, 0.3) is 0 Å². The first-order valence-corrected chi connectivity index (χ1v) is 10.3. The van der Waals surface area contributed by atoms with Crippen LogP contribution in [0.5, 0.6) is 0 Å². The summed E-state index contributed by atoms with van der Waals surface area (Å²) in [5.41, 5.74) is 4.49. The van der Waals surface area contributed by atoms with Crippen LogP contribution in [0.15, 0.2) is 42.7 Å². The summed E-state index contributed by atoms with van der Waals surface area (Å²) in [6.45, 7) is 3.31. The van der Waals surface area contributed by atoms with Crippen molar-refractivity contribution in [3.63, 3.8) is 0 Å². The summed E-state index contributed by atoms with van der Waals surface area (Å²) < 4.78 is 5.63. The molecule has 1 N–H and O–H groups in total. The van der Waals surface area contributed by atoms with Gasteiger partial charge in [0.05, 0.1) is 12.6 Å². The van der Waals surface area contributed by atoms with Crippen molar-refractivity contribution in [3.05, 3.63) is 59.4 Å². The Morgan fingerprint density at radius 1 is 1.14 bits per heavy atom. The third kappa shape index (κ3) is 4.36. The first kappa shape index (κ1) is 18.9. The SMILES string of the molecule is Cc1ccc(CN2C(=O)COCC2c2cnccc2NC2CCCCC2)cc1. The molecule has 4 rings (SSSR count). The normalized spacial score (nSPS) is 21.0. The van der Waals surface area contributed by atoms with Crippen molar-refractivity contribution in [2.75, 3.05) is 18.5 Å². The molecule has 148 valence electrons. The fourth-order valence-corrected chi connectivity index (χ4v) is 4.22. The van der Waals surface area contributed by atoms with Crippen molar-refractivity contribution in [2.45, 2.75) is 57.7 Å². The van der Waals surface area contributed by atoms with Crippen molar-refractivity contribution in [1.82, 2.24) is 9.88 Å². The molecule has 1 saturated carbocycles. The van der Waals surface area contributed by atoms with Gasteiger partial charge in [-0.1, -0.05) is 49.1 Å². The molecular weight excluding hydrogens is 350 g/mol. The lowest BCUT2D eigenvalue weighted by Crippen LogP contribution is -2.44. The number of carbonyl (C=O) groups excluding carboxylic acids is 1. The van der Waals surface area contributed by atoms with Crippen molar-refractivity contribution < 1.29 is 9.53 Å². The number of rotatable bonds is 5. The topological polar surface area (TPSA) is 54.5 Å². The summed E-state index contributed by atoms with van der Waals surface area (Å²) in [6.07, 6.45) is 10.0. The van der Waals surface area contributed by atoms with Gasteiger partial charge >= 0.3 is 0 Å². The molecule has 2 aliphatic rings. The molecule has 0 bridgehead atoms. The van der Waals surface area contributed by atoms with E-state index in [9.17, 15) is 4.79 Å². The summed E-state index contributed by atoms with van der Waals surface area (Å²) >= 11 is 0. The predicted octanol–water partition coefficient (Wildman–Crippen LogP) is 4.23. The van der Waals surface area contributed by atoms with E-state index in [1.807, 2.05) is 23.4 Å². The number of pyridine rings is 1. The second-order valence-corrected chi connectivity index (χ2v) is 7.98. The van der Waals surface area contributed by atoms with E-state index in [2.05, 4.69) is 41.5 Å². The van der Waals surface area contributed by atoms with Crippen LogP contribution in [-0.4, -0.2) is 35.0 Å². The van der Waals surface area contributed by atoms with Crippen molar-refractivity contribution >= 4 is 11.6 Å². The molecular formula is C23H29N3O2. The second kappa shape index (κ2) is 8.74. The lowest BCUT2D eigenvalue weighted by atomic mass is 9.94. The Kier molecular flexibility index (Phi) is 5.91. The van der Waals surface area contributed by atoms with E-state index in [0.717, 1.165) is 16.8 Å². The Balaban J connectivity index is 1.58. The molecule has 1 aromatic heterocycles. The van der Waals surface area contributed by atoms with Crippen LogP contribution in [-0.2, 0) is 16.1 Å². The Labute approximate surface area is 167 Å². The zero-order valence-corrected chi connectivity index (χ0v) is 16.6. The molecule has 1 amide bonds. The van der Waals surface area contributed by atoms with Crippen LogP contribution < -0.4 is 5.32 Å². The molecule has 1 aliphatic heterocycles. The highest BCUT2D eigenvalue weighted by Crippen LogP contribution is 2.32. The van der Waals surface area contributed by atoms with Crippen molar-refractivity contribution in [2.24, 2.45) is 0 Å². The fourth-order valence-electron chi connectivity index (χ4n) is 4.22. The highest BCUT2D eigenvalue weighted by molar-refractivity contribution is 5.79. The molecule has 2 heterocycles. The van der Waals surface area contributed by atoms with E-state index in [4.69, 9.17) is 4.74 Å². The minimum Gasteiger partial charge on any atom is -0.382 e. The standard InChI is InChI=1S/C23H29N3O2/c1-17-7-9-18(10-8-17)14-26-22(15-28-16-23(26)27)20-13-24-12-11-21(20)25-19-5-3-2-4-6-19/h7-13,19,22H,2-6,14-16H2,1H3,(H,24,25). The van der Waals surface area contributed by atoms with E-state index in [1.54, 1.807) is 0 Å². The Morgan fingerprint density at radius 3 is 2.71 bits per heavy atom. The number of benzene rings is 1. The van der Waals surface area contributed by atoms with Crippen LogP contribution >= 0.6 is 0 Å². The smallest absolute Gasteiger partial charge is 0.249 e. The number of nitrogens with one attached hydrogen (secondary N) is 1. The van der Waals surface area contributed by atoms with Gasteiger partial charge in [0.15, 0.2) is 0 Å². The van der Waals surface area contributed by atoms with E-state index >= 15 is 0 Å². The van der Waals surface area contributed by atoms with Crippen molar-refractivity contribution in [3.8, 4) is 0 Å². The van der Waals surface area contributed by atoms with Gasteiger partial charge in [0, 0.05) is 36.2 Å². The molecule has 28 heavy (non-hydrogen) atoms. The Morgan fingerprint density at radius 2 is 1.93 bits per heavy atom. The summed E-state index contributed by atoms with van der Waals surface area (Å²) in [6, 6.07) is 10.8. The van der Waals surface area contributed by atoms with Crippen LogP contribution in [0.4, 0.5) is 5.69 Å². The quantitative estimate of drug-likeness (QED) is 0.844. The fraction of sp³-hybridized carbons (Fsp3) is 0.478. The van der Waals surface area contributed by atoms with Crippen LogP contribution in [0.2, 0.25) is 0 Å². The molecule has 1 atom stereocenters. The number of amides is 1. The largest absolute Gasteiger partial charge is 0.382 e. The van der Waals surface area contributed by atoms with Gasteiger partial charge in [-0.05, 0) is 31.4 Å². The number of hydrogen-bond donors (Lipinski definition) is 1. The van der Waals surface area contributed by atoms with Gasteiger partial charge in [-0.15, -0.1) is 0 Å². The van der Waals surface area contributed by atoms with Gasteiger partial charge in [0.1, 0.15) is 6.61 Å². The first-order chi connectivity index (χ1) is 13.7. The Bertz CT molecular complexity index is 800. The number of nitrogens with zero attached hydrogens (tertiary/aromatic N) is 2. The highest BCUT2D eigenvalue weighted by Gasteiger charge is 2.32. The molecule has 1 unspecified atom stereocenters. The van der Waals surface area contributed by atoms with E-state index in [1.165, 1.54) is 37.7 Å². The lowest BCUT2D eigenvalue weighted by Gasteiger charge is -2.37. The molecule has 1 saturated heterocycles. The molecule has 2 aromatic rings. The van der Waals surface area contributed by atoms with Crippen molar-refractivity contribution in [1.29, 1.82) is 0 Å². The molecule has 1 aliphatic carbocycles. The van der Waals surface area contributed by atoms with Crippen LogP contribution in [0.1, 0.15) is 54.8 Å². The first-order valence-electron chi connectivity index (χ1n) is 10.3. The maximum atomic E-state index is 12.7. The van der Waals surface area contributed by atoms with Gasteiger partial charge in [-0.3, -0.25) is 9.78 Å². The molecule has 2 fully saturated rings. The van der Waals surface area contributed by atoms with Crippen LogP contribution in [0.3, 0.4) is 0 Å². The number of hydrogen-bond acceptors (Lipinski definition) is 4. The van der Waals surface area contributed by atoms with Gasteiger partial charge in [0.25, 0.3) is 0 Å². The molecule has 1 aromatic carbocycles. The van der Waals surface area contributed by atoms with E-state index < -0.39 is 0 Å². The summed E-state index contributed by atoms with van der Waals surface area (Å²) in [5, 5.41) is 3.72. The molecule has 0 radical (unpaired) electrons. The zero-order valence-electron chi connectivity index (χ0n) is 16.6. The zero-order chi connectivity index (χ0) is 19.3. The van der Waals surface area contributed by atoms with Gasteiger partial charge in [0.2, 0.25) is 5.91 Å². The summed E-state index contributed by atoms with van der Waals surface area (Å²) in [4.78, 5) is 19.0. The third-order valence-corrected chi connectivity index (χ3v) is 5.85. The number of aryl methyl sites for hydroxylation is 1. The maximum Gasteiger partial charge on any atom is 0.249 e. The average Bonchev–Trinajstić information content (AvgIpc) is 2.72. The number of aromatic nitrogens is 1. The maximum absolute atomic E-state index is 12.7. The number of ether oxygens (including phenoxy) is 1. The number of morpholine rings is 1. The van der Waals surface area contributed by atoms with E-state index in [0.29, 0.717) is 19.2 Å². The summed E-state index contributed by atoms with van der Waals surface area (Å²) in [7, 11) is 0. The number of carbonyl (C=O) groups is 1. The highest BCUT2D eigenvalue weighted by atomic mass is 16.5. The minimum absolute atomic E-state index is 0.0318. The van der Waals surface area contributed by atoms with Crippen LogP contribution in [0, 0.1) is 6.92 Å². The van der Waals surface area contributed by atoms with Gasteiger partial charge in [-0.25, -0.2) is 0 Å². The number of anilines is 1. The average molecular weight is 380 g/mol. The predicted molar refractivity (Wildman–Crippen MR) is 110 cm³/mol. The third-order valence-electron chi connectivity index (χ3n) is 5.85. The minimum atomic E-state index is -0.123. The van der Waals surface area contributed by atoms with E-state index in [-0.39, 0.29) is 18.6 Å². The second-order valence-electron chi connectivity index (χ2n) is 7.98. The Hall–Kier alpha value is -2.40. The molecule has 5 nitrogen and oxygen atoms in total. The van der Waals surface area contributed by atoms with Gasteiger partial charge in [-0.2, -0.15) is 0 Å². The summed E-state index contributed by atoms with van der Waals surface area (Å²) in [5.74, 6) is 0.0318. The molecule has 0 spiro atoms.